The molecule has 0 radical (unpaired) electrons. The number of nitrogens with zero attached hydrogens (tertiary/aromatic N) is 1. The molecule has 0 bridgehead atoms. The van der Waals surface area contributed by atoms with E-state index >= 15 is 0 Å². The van der Waals surface area contributed by atoms with Gasteiger partial charge >= 0.3 is 0 Å². The van der Waals surface area contributed by atoms with E-state index < -0.39 is 52.3 Å². The lowest BCUT2D eigenvalue weighted by Crippen LogP contribution is -2.26. The van der Waals surface area contributed by atoms with E-state index in [4.69, 9.17) is 5.73 Å². The van der Waals surface area contributed by atoms with Crippen molar-refractivity contribution < 1.29 is 28.7 Å². The summed E-state index contributed by atoms with van der Waals surface area (Å²) in [5.74, 6) is -3.85. The Labute approximate surface area is 105 Å². The van der Waals surface area contributed by atoms with Crippen LogP contribution < -0.4 is 5.73 Å². The van der Waals surface area contributed by atoms with Crippen molar-refractivity contribution >= 4 is 11.6 Å². The molecule has 0 aliphatic heterocycles. The summed E-state index contributed by atoms with van der Waals surface area (Å²) in [5.41, 5.74) is 3.23. The normalized spacial score (nSPS) is 13.9. The molecule has 0 fully saturated rings. The maximum Gasteiger partial charge on any atom is 0.278 e. The largest absolute Gasteiger partial charge is 0.390 e. The smallest absolute Gasteiger partial charge is 0.278 e. The molecule has 1 aromatic carbocycles. The van der Waals surface area contributed by atoms with E-state index in [-0.39, 0.29) is 6.07 Å². The van der Waals surface area contributed by atoms with Crippen molar-refractivity contribution in [1.29, 1.82) is 0 Å². The minimum absolute atomic E-state index is 0.283. The quantitative estimate of drug-likeness (QED) is 0.521. The second-order valence-electron chi connectivity index (χ2n) is 3.76. The van der Waals surface area contributed by atoms with Gasteiger partial charge in [0.1, 0.15) is 6.10 Å². The molecule has 0 saturated heterocycles. The number of carbonyl (C=O) groups is 1. The third-order valence-electron chi connectivity index (χ3n) is 2.36. The van der Waals surface area contributed by atoms with Gasteiger partial charge in [-0.25, -0.2) is 8.78 Å². The van der Waals surface area contributed by atoms with Gasteiger partial charge in [-0.15, -0.1) is 0 Å². The van der Waals surface area contributed by atoms with Gasteiger partial charge in [0.25, 0.3) is 5.69 Å². The molecule has 2 atom stereocenters. The summed E-state index contributed by atoms with van der Waals surface area (Å²) in [6, 6.07) is 0.674. The predicted molar refractivity (Wildman–Crippen MR) is 57.8 cm³/mol. The van der Waals surface area contributed by atoms with Crippen molar-refractivity contribution in [3.05, 3.63) is 39.4 Å². The maximum atomic E-state index is 13.0. The standard InChI is InChI=1S/C10H10F2N2O5/c11-5-1-4(7(14(18)19)2-6(5)12)10(17)8(15)3-9(13)16/h1-2,8,10,15,17H,3H2,(H2,13,16). The number of carbonyl (C=O) groups excluding carboxylic acids is 1. The molecule has 19 heavy (non-hydrogen) atoms. The Morgan fingerprint density at radius 1 is 1.37 bits per heavy atom. The first kappa shape index (κ1) is 14.9. The lowest BCUT2D eigenvalue weighted by Gasteiger charge is -2.16. The zero-order valence-corrected chi connectivity index (χ0v) is 9.42. The molecule has 1 aromatic rings. The number of benzene rings is 1. The van der Waals surface area contributed by atoms with Crippen molar-refractivity contribution in [3.63, 3.8) is 0 Å². The number of halogens is 2. The number of nitro groups is 1. The van der Waals surface area contributed by atoms with Gasteiger partial charge in [0.05, 0.1) is 29.1 Å². The summed E-state index contributed by atoms with van der Waals surface area (Å²) >= 11 is 0. The lowest BCUT2D eigenvalue weighted by molar-refractivity contribution is -0.386. The molecule has 1 amide bonds. The van der Waals surface area contributed by atoms with Gasteiger partial charge < -0.3 is 15.9 Å². The molecule has 0 spiro atoms. The number of amides is 1. The first-order chi connectivity index (χ1) is 8.73. The Hall–Kier alpha value is -2.13. The monoisotopic (exact) mass is 276 g/mol. The van der Waals surface area contributed by atoms with Crippen molar-refractivity contribution in [3.8, 4) is 0 Å². The van der Waals surface area contributed by atoms with Crippen LogP contribution in [0.15, 0.2) is 12.1 Å². The molecule has 1 rings (SSSR count). The highest BCUT2D eigenvalue weighted by molar-refractivity contribution is 5.74. The van der Waals surface area contributed by atoms with Crippen LogP contribution in [0.2, 0.25) is 0 Å². The molecule has 4 N–H and O–H groups in total. The van der Waals surface area contributed by atoms with Crippen molar-refractivity contribution in [2.75, 3.05) is 0 Å². The van der Waals surface area contributed by atoms with E-state index in [9.17, 15) is 33.9 Å². The van der Waals surface area contributed by atoms with E-state index in [0.29, 0.717) is 6.07 Å². The fraction of sp³-hybridized carbons (Fsp3) is 0.300. The summed E-state index contributed by atoms with van der Waals surface area (Å²) in [4.78, 5) is 20.2. The number of nitrogens with two attached hydrogens (primary N) is 1. The maximum absolute atomic E-state index is 13.0. The van der Waals surface area contributed by atoms with Gasteiger partial charge in [-0.2, -0.15) is 0 Å². The highest BCUT2D eigenvalue weighted by Gasteiger charge is 2.29. The fourth-order valence-corrected chi connectivity index (χ4v) is 1.47. The van der Waals surface area contributed by atoms with Gasteiger partial charge in [0.2, 0.25) is 5.91 Å². The van der Waals surface area contributed by atoms with Gasteiger partial charge in [-0.05, 0) is 6.07 Å². The van der Waals surface area contributed by atoms with Crippen LogP contribution in [0.1, 0.15) is 18.1 Å². The molecular formula is C10H10F2N2O5. The zero-order valence-electron chi connectivity index (χ0n) is 9.42. The average Bonchev–Trinajstić information content (AvgIpc) is 2.29. The molecule has 0 aliphatic carbocycles. The number of rotatable bonds is 5. The first-order valence-electron chi connectivity index (χ1n) is 5.01. The minimum Gasteiger partial charge on any atom is -0.390 e. The van der Waals surface area contributed by atoms with Crippen LogP contribution in [0.3, 0.4) is 0 Å². The predicted octanol–water partition coefficient (Wildman–Crippen LogP) is 0.143. The van der Waals surface area contributed by atoms with Crippen LogP contribution in [0.5, 0.6) is 0 Å². The van der Waals surface area contributed by atoms with E-state index in [2.05, 4.69) is 0 Å². The molecule has 0 aliphatic rings. The first-order valence-corrected chi connectivity index (χ1v) is 5.01. The van der Waals surface area contributed by atoms with Crippen LogP contribution in [0.25, 0.3) is 0 Å². The Kier molecular flexibility index (Phi) is 4.46. The number of nitro benzene ring substituents is 1. The highest BCUT2D eigenvalue weighted by Crippen LogP contribution is 2.30. The van der Waals surface area contributed by atoms with Crippen molar-refractivity contribution in [1.82, 2.24) is 0 Å². The Morgan fingerprint density at radius 2 is 1.89 bits per heavy atom. The van der Waals surface area contributed by atoms with Gasteiger partial charge in [-0.1, -0.05) is 0 Å². The topological polar surface area (TPSA) is 127 Å². The number of aliphatic hydroxyl groups excluding tert-OH is 2. The highest BCUT2D eigenvalue weighted by atomic mass is 19.2. The SMILES string of the molecule is NC(=O)CC(O)C(O)c1cc(F)c(F)cc1[N+](=O)[O-]. The second-order valence-corrected chi connectivity index (χ2v) is 3.76. The zero-order chi connectivity index (χ0) is 14.7. The summed E-state index contributed by atoms with van der Waals surface area (Å²) in [6.45, 7) is 0. The van der Waals surface area contributed by atoms with E-state index in [1.807, 2.05) is 0 Å². The molecule has 2 unspecified atom stereocenters. The Balaban J connectivity index is 3.21. The van der Waals surface area contributed by atoms with Crippen LogP contribution in [-0.2, 0) is 4.79 Å². The molecule has 0 heterocycles. The van der Waals surface area contributed by atoms with Crippen molar-refractivity contribution in [2.45, 2.75) is 18.6 Å². The third kappa shape index (κ3) is 3.42. The third-order valence-corrected chi connectivity index (χ3v) is 2.36. The van der Waals surface area contributed by atoms with Gasteiger partial charge in [0.15, 0.2) is 11.6 Å². The van der Waals surface area contributed by atoms with Crippen LogP contribution in [0.4, 0.5) is 14.5 Å². The summed E-state index contributed by atoms with van der Waals surface area (Å²) in [5, 5.41) is 29.7. The number of primary amides is 1. The fourth-order valence-electron chi connectivity index (χ4n) is 1.47. The lowest BCUT2D eigenvalue weighted by atomic mass is 10.00. The van der Waals surface area contributed by atoms with E-state index in [0.717, 1.165) is 0 Å². The summed E-state index contributed by atoms with van der Waals surface area (Å²) < 4.78 is 25.9. The molecule has 9 heteroatoms. The number of hydrogen-bond donors (Lipinski definition) is 3. The van der Waals surface area contributed by atoms with E-state index in [1.54, 1.807) is 0 Å². The van der Waals surface area contributed by atoms with Crippen LogP contribution in [0, 0.1) is 21.7 Å². The van der Waals surface area contributed by atoms with Crippen LogP contribution >= 0.6 is 0 Å². The Morgan fingerprint density at radius 3 is 2.37 bits per heavy atom. The number of aliphatic hydroxyl groups is 2. The molecule has 7 nitrogen and oxygen atoms in total. The van der Waals surface area contributed by atoms with E-state index in [1.165, 1.54) is 0 Å². The Bertz CT molecular complexity index is 523. The molecule has 104 valence electrons. The summed E-state index contributed by atoms with van der Waals surface area (Å²) in [7, 11) is 0. The summed E-state index contributed by atoms with van der Waals surface area (Å²) in [6.07, 6.45) is -4.39. The molecule has 0 aromatic heterocycles. The molecular weight excluding hydrogens is 266 g/mol. The van der Waals surface area contributed by atoms with Crippen molar-refractivity contribution in [2.24, 2.45) is 5.73 Å². The minimum atomic E-state index is -1.94. The van der Waals surface area contributed by atoms with Gasteiger partial charge in [-0.3, -0.25) is 14.9 Å². The average molecular weight is 276 g/mol. The van der Waals surface area contributed by atoms with Crippen LogP contribution in [-0.4, -0.2) is 27.1 Å². The number of hydrogen-bond acceptors (Lipinski definition) is 5. The second kappa shape index (κ2) is 5.67. The molecule has 0 saturated carbocycles. The van der Waals surface area contributed by atoms with Gasteiger partial charge in [0, 0.05) is 0 Å².